The first-order chi connectivity index (χ1) is 10.8. The van der Waals surface area contributed by atoms with Gasteiger partial charge >= 0.3 is 6.09 Å². The number of aromatic nitrogens is 1. The number of ether oxygens (including phenoxy) is 1. The molecular formula is C17H23N3O3. The Morgan fingerprint density at radius 2 is 1.87 bits per heavy atom. The molecule has 1 saturated carbocycles. The van der Waals surface area contributed by atoms with E-state index in [9.17, 15) is 9.59 Å². The maximum absolute atomic E-state index is 12.2. The van der Waals surface area contributed by atoms with E-state index >= 15 is 0 Å². The lowest BCUT2D eigenvalue weighted by Gasteiger charge is -2.25. The van der Waals surface area contributed by atoms with E-state index in [2.05, 4.69) is 10.3 Å². The van der Waals surface area contributed by atoms with Crippen LogP contribution in [0.4, 0.5) is 4.79 Å². The molecule has 1 aliphatic heterocycles. The van der Waals surface area contributed by atoms with Crippen LogP contribution < -0.4 is 5.32 Å². The Kier molecular flexibility index (Phi) is 4.00. The molecule has 6 heteroatoms. The van der Waals surface area contributed by atoms with Gasteiger partial charge in [0.2, 0.25) is 5.91 Å². The van der Waals surface area contributed by atoms with E-state index in [0.29, 0.717) is 19.6 Å². The molecule has 0 spiro atoms. The summed E-state index contributed by atoms with van der Waals surface area (Å²) in [5.41, 5.74) is 0.556. The van der Waals surface area contributed by atoms with Crippen molar-refractivity contribution in [2.75, 3.05) is 13.1 Å². The quantitative estimate of drug-likeness (QED) is 0.923. The Bertz CT molecular complexity index is 585. The molecule has 2 amide bonds. The number of rotatable bonds is 3. The van der Waals surface area contributed by atoms with E-state index in [1.54, 1.807) is 17.3 Å². The third-order valence-electron chi connectivity index (χ3n) is 4.36. The van der Waals surface area contributed by atoms with Gasteiger partial charge < -0.3 is 15.0 Å². The molecule has 1 aliphatic carbocycles. The molecule has 1 aromatic heterocycles. The van der Waals surface area contributed by atoms with Crippen molar-refractivity contribution >= 4 is 12.0 Å². The number of fused-ring (bicyclic) bond motifs is 1. The number of carbonyl (C=O) groups is 2. The fraction of sp³-hybridized carbons (Fsp3) is 0.588. The second-order valence-electron chi connectivity index (χ2n) is 7.31. The van der Waals surface area contributed by atoms with Crippen LogP contribution >= 0.6 is 0 Å². The largest absolute Gasteiger partial charge is 0.444 e. The van der Waals surface area contributed by atoms with Gasteiger partial charge in [0.15, 0.2) is 0 Å². The molecule has 3 rings (SSSR count). The smallest absolute Gasteiger partial charge is 0.410 e. The Morgan fingerprint density at radius 3 is 2.43 bits per heavy atom. The molecule has 0 radical (unpaired) electrons. The number of pyridine rings is 1. The molecule has 6 nitrogen and oxygen atoms in total. The Hall–Kier alpha value is -2.11. The summed E-state index contributed by atoms with van der Waals surface area (Å²) in [6, 6.07) is 3.77. The lowest BCUT2D eigenvalue weighted by Crippen LogP contribution is -2.38. The number of likely N-dealkylation sites (tertiary alicyclic amines) is 1. The van der Waals surface area contributed by atoms with Gasteiger partial charge in [0.25, 0.3) is 0 Å². The van der Waals surface area contributed by atoms with Gasteiger partial charge in [-0.1, -0.05) is 0 Å². The minimum absolute atomic E-state index is 0.0375. The summed E-state index contributed by atoms with van der Waals surface area (Å²) in [4.78, 5) is 29.9. The van der Waals surface area contributed by atoms with Gasteiger partial charge in [-0.25, -0.2) is 4.79 Å². The monoisotopic (exact) mass is 317 g/mol. The zero-order chi connectivity index (χ0) is 16.6. The van der Waals surface area contributed by atoms with Crippen molar-refractivity contribution in [3.8, 4) is 0 Å². The molecule has 0 bridgehead atoms. The third kappa shape index (κ3) is 3.63. The van der Waals surface area contributed by atoms with E-state index in [0.717, 1.165) is 5.56 Å². The summed E-state index contributed by atoms with van der Waals surface area (Å²) >= 11 is 0. The summed E-state index contributed by atoms with van der Waals surface area (Å²) in [5.74, 6) is 0.677. The predicted molar refractivity (Wildman–Crippen MR) is 84.4 cm³/mol. The third-order valence-corrected chi connectivity index (χ3v) is 4.36. The van der Waals surface area contributed by atoms with Crippen LogP contribution in [0.3, 0.4) is 0 Å². The molecule has 2 heterocycles. The summed E-state index contributed by atoms with van der Waals surface area (Å²) in [7, 11) is 0. The molecule has 1 saturated heterocycles. The lowest BCUT2D eigenvalue weighted by molar-refractivity contribution is -0.123. The summed E-state index contributed by atoms with van der Waals surface area (Å²) < 4.78 is 5.37. The first-order valence-corrected chi connectivity index (χ1v) is 8.00. The van der Waals surface area contributed by atoms with Crippen LogP contribution in [-0.4, -0.2) is 40.6 Å². The molecule has 1 aromatic rings. The minimum Gasteiger partial charge on any atom is -0.444 e. The molecule has 1 unspecified atom stereocenters. The highest BCUT2D eigenvalue weighted by Gasteiger charge is 2.60. The van der Waals surface area contributed by atoms with Crippen LogP contribution in [-0.2, 0) is 16.1 Å². The summed E-state index contributed by atoms with van der Waals surface area (Å²) in [6.07, 6.45) is 3.15. The van der Waals surface area contributed by atoms with Gasteiger partial charge in [0.1, 0.15) is 5.60 Å². The zero-order valence-electron chi connectivity index (χ0n) is 13.8. The van der Waals surface area contributed by atoms with Crippen molar-refractivity contribution in [2.24, 2.45) is 17.8 Å². The summed E-state index contributed by atoms with van der Waals surface area (Å²) in [5, 5.41) is 2.97. The van der Waals surface area contributed by atoms with Crippen LogP contribution in [0.5, 0.6) is 0 Å². The minimum atomic E-state index is -0.481. The van der Waals surface area contributed by atoms with E-state index in [-0.39, 0.29) is 29.8 Å². The molecule has 2 aliphatic rings. The maximum atomic E-state index is 12.2. The molecule has 124 valence electrons. The topological polar surface area (TPSA) is 71.5 Å². The number of piperidine rings is 1. The number of nitrogens with one attached hydrogen (secondary N) is 1. The molecule has 0 aromatic carbocycles. The number of amides is 2. The zero-order valence-corrected chi connectivity index (χ0v) is 13.8. The molecular weight excluding hydrogens is 294 g/mol. The van der Waals surface area contributed by atoms with Gasteiger partial charge in [-0.15, -0.1) is 0 Å². The van der Waals surface area contributed by atoms with Crippen molar-refractivity contribution in [2.45, 2.75) is 32.9 Å². The SMILES string of the molecule is CC(C)(C)OC(=O)N1C[C@@H]2C(C(=O)NCc3ccncc3)[C@@H]2C1. The van der Waals surface area contributed by atoms with Crippen molar-refractivity contribution < 1.29 is 14.3 Å². The average Bonchev–Trinajstić information content (AvgIpc) is 2.98. The second kappa shape index (κ2) is 5.83. The average molecular weight is 317 g/mol. The molecule has 3 atom stereocenters. The van der Waals surface area contributed by atoms with Gasteiger partial charge in [-0.05, 0) is 50.3 Å². The first kappa shape index (κ1) is 15.8. The van der Waals surface area contributed by atoms with Crippen LogP contribution in [0.15, 0.2) is 24.5 Å². The Balaban J connectivity index is 1.44. The highest BCUT2D eigenvalue weighted by atomic mass is 16.6. The normalized spacial score (nSPS) is 25.7. The van der Waals surface area contributed by atoms with Crippen molar-refractivity contribution in [3.63, 3.8) is 0 Å². The van der Waals surface area contributed by atoms with E-state index < -0.39 is 5.60 Å². The molecule has 23 heavy (non-hydrogen) atoms. The fourth-order valence-electron chi connectivity index (χ4n) is 3.20. The van der Waals surface area contributed by atoms with Gasteiger partial charge in [-0.3, -0.25) is 9.78 Å². The number of nitrogens with zero attached hydrogens (tertiary/aromatic N) is 2. The van der Waals surface area contributed by atoms with Crippen LogP contribution in [0.25, 0.3) is 0 Å². The van der Waals surface area contributed by atoms with Crippen molar-refractivity contribution in [3.05, 3.63) is 30.1 Å². The van der Waals surface area contributed by atoms with E-state index in [4.69, 9.17) is 4.74 Å². The second-order valence-corrected chi connectivity index (χ2v) is 7.31. The lowest BCUT2D eigenvalue weighted by atomic mass is 10.2. The standard InChI is InChI=1S/C17H23N3O3/c1-17(2,3)23-16(22)20-9-12-13(10-20)14(12)15(21)19-8-11-4-6-18-7-5-11/h4-7,12-14H,8-10H2,1-3H3,(H,19,21)/t12-,13+,14?. The number of hydrogen-bond donors (Lipinski definition) is 1. The van der Waals surface area contributed by atoms with Crippen molar-refractivity contribution in [1.82, 2.24) is 15.2 Å². The summed E-state index contributed by atoms with van der Waals surface area (Å²) in [6.45, 7) is 7.33. The highest BCUT2D eigenvalue weighted by molar-refractivity contribution is 5.83. The van der Waals surface area contributed by atoms with Crippen LogP contribution in [0.2, 0.25) is 0 Å². The van der Waals surface area contributed by atoms with Gasteiger partial charge in [0, 0.05) is 37.9 Å². The van der Waals surface area contributed by atoms with E-state index in [1.165, 1.54) is 0 Å². The number of hydrogen-bond acceptors (Lipinski definition) is 4. The number of carbonyl (C=O) groups excluding carboxylic acids is 2. The Morgan fingerprint density at radius 1 is 1.26 bits per heavy atom. The molecule has 2 fully saturated rings. The van der Waals surface area contributed by atoms with E-state index in [1.807, 2.05) is 32.9 Å². The van der Waals surface area contributed by atoms with Crippen molar-refractivity contribution in [1.29, 1.82) is 0 Å². The fourth-order valence-corrected chi connectivity index (χ4v) is 3.20. The predicted octanol–water partition coefficient (Wildman–Crippen LogP) is 1.81. The first-order valence-electron chi connectivity index (χ1n) is 8.00. The van der Waals surface area contributed by atoms with Crippen LogP contribution in [0.1, 0.15) is 26.3 Å². The van der Waals surface area contributed by atoms with Crippen LogP contribution in [0, 0.1) is 17.8 Å². The Labute approximate surface area is 136 Å². The molecule has 1 N–H and O–H groups in total. The highest BCUT2D eigenvalue weighted by Crippen LogP contribution is 2.52. The maximum Gasteiger partial charge on any atom is 0.410 e. The van der Waals surface area contributed by atoms with Gasteiger partial charge in [-0.2, -0.15) is 0 Å². The van der Waals surface area contributed by atoms with Gasteiger partial charge in [0.05, 0.1) is 0 Å².